The summed E-state index contributed by atoms with van der Waals surface area (Å²) in [4.78, 5) is 13.2. The zero-order valence-corrected chi connectivity index (χ0v) is 14.9. The van der Waals surface area contributed by atoms with Gasteiger partial charge in [0.15, 0.2) is 9.84 Å². The maximum atomic E-state index is 12.9. The molecule has 1 aliphatic rings. The molecule has 4 nitrogen and oxygen atoms in total. The number of hydrogen-bond acceptors (Lipinski definition) is 3. The van der Waals surface area contributed by atoms with Crippen LogP contribution in [-0.4, -0.2) is 20.1 Å². The van der Waals surface area contributed by atoms with Crippen molar-refractivity contribution in [3.05, 3.63) is 65.2 Å². The summed E-state index contributed by atoms with van der Waals surface area (Å²) in [6.45, 7) is 5.69. The Bertz CT molecular complexity index is 900. The minimum atomic E-state index is -3.33. The molecule has 0 saturated heterocycles. The van der Waals surface area contributed by atoms with Crippen LogP contribution in [0.4, 0.5) is 0 Å². The molecule has 5 heteroatoms. The number of fused-ring (bicyclic) bond motifs is 1. The maximum absolute atomic E-state index is 12.9. The van der Waals surface area contributed by atoms with E-state index in [-0.39, 0.29) is 11.7 Å². The Morgan fingerprint density at radius 3 is 2.42 bits per heavy atom. The zero-order valence-electron chi connectivity index (χ0n) is 14.0. The lowest BCUT2D eigenvalue weighted by atomic mass is 9.81. The average molecular weight is 343 g/mol. The number of hydrogen-bond donors (Lipinski definition) is 1. The average Bonchev–Trinajstić information content (AvgIpc) is 2.79. The molecule has 1 atom stereocenters. The van der Waals surface area contributed by atoms with E-state index in [0.29, 0.717) is 10.5 Å². The first-order chi connectivity index (χ1) is 11.2. The van der Waals surface area contributed by atoms with E-state index >= 15 is 0 Å². The fourth-order valence-corrected chi connectivity index (χ4v) is 5.04. The molecule has 0 spiro atoms. The second kappa shape index (κ2) is 5.74. The zero-order chi connectivity index (χ0) is 17.5. The van der Waals surface area contributed by atoms with Crippen LogP contribution < -0.4 is 5.32 Å². The fourth-order valence-electron chi connectivity index (χ4n) is 3.31. The highest BCUT2D eigenvalue weighted by Gasteiger charge is 2.38. The minimum Gasteiger partial charge on any atom is -0.347 e. The van der Waals surface area contributed by atoms with Crippen molar-refractivity contribution in [2.45, 2.75) is 37.1 Å². The molecule has 1 heterocycles. The van der Waals surface area contributed by atoms with Crippen molar-refractivity contribution < 1.29 is 13.2 Å². The van der Waals surface area contributed by atoms with Crippen LogP contribution in [0.3, 0.4) is 0 Å². The van der Waals surface area contributed by atoms with E-state index in [2.05, 4.69) is 5.32 Å². The van der Waals surface area contributed by atoms with Gasteiger partial charge in [0.25, 0.3) is 0 Å². The number of aryl methyl sites for hydroxylation is 1. The van der Waals surface area contributed by atoms with Gasteiger partial charge in [0.2, 0.25) is 5.91 Å². The molecule has 0 saturated carbocycles. The largest absolute Gasteiger partial charge is 0.347 e. The molecular formula is C19H21NO3S. The van der Waals surface area contributed by atoms with E-state index in [9.17, 15) is 13.2 Å². The van der Waals surface area contributed by atoms with Gasteiger partial charge < -0.3 is 5.32 Å². The van der Waals surface area contributed by atoms with Crippen LogP contribution in [0.1, 0.15) is 36.6 Å². The van der Waals surface area contributed by atoms with Crippen molar-refractivity contribution in [3.63, 3.8) is 0 Å². The van der Waals surface area contributed by atoms with Gasteiger partial charge in [0.1, 0.15) is 0 Å². The standard InChI is InChI=1S/C19H21NO3S/c1-13-8-4-6-10-15(13)19(2,3)18(21)20-16-12-24(22,23)17-11-7-5-9-14(16)17/h4-11,16H,12H2,1-3H3,(H,20,21)/t16-/m0/s1. The number of benzene rings is 2. The van der Waals surface area contributed by atoms with Gasteiger partial charge in [-0.25, -0.2) is 8.42 Å². The van der Waals surface area contributed by atoms with Crippen molar-refractivity contribution in [2.24, 2.45) is 0 Å². The number of sulfone groups is 1. The van der Waals surface area contributed by atoms with E-state index in [4.69, 9.17) is 0 Å². The number of rotatable bonds is 3. The van der Waals surface area contributed by atoms with Crippen LogP contribution >= 0.6 is 0 Å². The van der Waals surface area contributed by atoms with Crippen molar-refractivity contribution in [1.29, 1.82) is 0 Å². The van der Waals surface area contributed by atoms with Gasteiger partial charge in [-0.15, -0.1) is 0 Å². The van der Waals surface area contributed by atoms with E-state index < -0.39 is 21.3 Å². The summed E-state index contributed by atoms with van der Waals surface area (Å²) in [6, 6.07) is 14.1. The first kappa shape index (κ1) is 16.7. The lowest BCUT2D eigenvalue weighted by Gasteiger charge is -2.27. The Labute approximate surface area is 142 Å². The molecule has 24 heavy (non-hydrogen) atoms. The van der Waals surface area contributed by atoms with Gasteiger partial charge in [0, 0.05) is 0 Å². The van der Waals surface area contributed by atoms with Gasteiger partial charge in [-0.3, -0.25) is 4.79 Å². The van der Waals surface area contributed by atoms with Crippen LogP contribution in [0.15, 0.2) is 53.4 Å². The number of nitrogens with one attached hydrogen (secondary N) is 1. The van der Waals surface area contributed by atoms with Crippen LogP contribution in [0.25, 0.3) is 0 Å². The molecule has 2 aromatic rings. The Morgan fingerprint density at radius 1 is 1.08 bits per heavy atom. The van der Waals surface area contributed by atoms with Crippen LogP contribution in [0, 0.1) is 6.92 Å². The monoisotopic (exact) mass is 343 g/mol. The Morgan fingerprint density at radius 2 is 1.71 bits per heavy atom. The SMILES string of the molecule is Cc1ccccc1C(C)(C)C(=O)N[C@H]1CS(=O)(=O)c2ccccc21. The number of carbonyl (C=O) groups excluding carboxylic acids is 1. The molecule has 2 aromatic carbocycles. The topological polar surface area (TPSA) is 63.2 Å². The molecular weight excluding hydrogens is 322 g/mol. The molecule has 0 radical (unpaired) electrons. The smallest absolute Gasteiger partial charge is 0.230 e. The van der Waals surface area contributed by atoms with Crippen LogP contribution in [-0.2, 0) is 20.0 Å². The van der Waals surface area contributed by atoms with Gasteiger partial charge in [-0.2, -0.15) is 0 Å². The highest BCUT2D eigenvalue weighted by atomic mass is 32.2. The Kier molecular flexibility index (Phi) is 4.00. The van der Waals surface area contributed by atoms with Crippen molar-refractivity contribution in [2.75, 3.05) is 5.75 Å². The molecule has 0 bridgehead atoms. The summed E-state index contributed by atoms with van der Waals surface area (Å²) in [7, 11) is -3.33. The fraction of sp³-hybridized carbons (Fsp3) is 0.316. The minimum absolute atomic E-state index is 0.0814. The molecule has 1 aliphatic heterocycles. The molecule has 0 aliphatic carbocycles. The summed E-state index contributed by atoms with van der Waals surface area (Å²) >= 11 is 0. The third-order valence-electron chi connectivity index (χ3n) is 4.71. The lowest BCUT2D eigenvalue weighted by molar-refractivity contribution is -0.126. The summed E-state index contributed by atoms with van der Waals surface area (Å²) in [6.07, 6.45) is 0. The molecule has 1 amide bonds. The van der Waals surface area contributed by atoms with E-state index in [1.165, 1.54) is 0 Å². The van der Waals surface area contributed by atoms with Gasteiger partial charge in [-0.05, 0) is 43.5 Å². The van der Waals surface area contributed by atoms with E-state index in [1.54, 1.807) is 24.3 Å². The number of amides is 1. The predicted octanol–water partition coefficient (Wildman–Crippen LogP) is 2.92. The number of carbonyl (C=O) groups is 1. The highest BCUT2D eigenvalue weighted by Crippen LogP contribution is 2.34. The second-order valence-corrected chi connectivity index (χ2v) is 8.79. The third-order valence-corrected chi connectivity index (χ3v) is 6.52. The first-order valence-electron chi connectivity index (χ1n) is 7.92. The van der Waals surface area contributed by atoms with E-state index in [0.717, 1.165) is 11.1 Å². The molecule has 126 valence electrons. The summed E-state index contributed by atoms with van der Waals surface area (Å²) in [5.74, 6) is -0.254. The molecule has 1 N–H and O–H groups in total. The summed E-state index contributed by atoms with van der Waals surface area (Å²) in [5, 5.41) is 2.94. The van der Waals surface area contributed by atoms with Gasteiger partial charge >= 0.3 is 0 Å². The normalized spacial score (nSPS) is 18.9. The lowest BCUT2D eigenvalue weighted by Crippen LogP contribution is -2.42. The van der Waals surface area contributed by atoms with Crippen LogP contribution in [0.5, 0.6) is 0 Å². The summed E-state index contributed by atoms with van der Waals surface area (Å²) < 4.78 is 24.5. The molecule has 0 aromatic heterocycles. The Hall–Kier alpha value is -2.14. The summed E-state index contributed by atoms with van der Waals surface area (Å²) in [5.41, 5.74) is 1.91. The van der Waals surface area contributed by atoms with Gasteiger partial charge in [0.05, 0.1) is 22.1 Å². The third kappa shape index (κ3) is 2.73. The van der Waals surface area contributed by atoms with E-state index in [1.807, 2.05) is 45.0 Å². The van der Waals surface area contributed by atoms with Crippen molar-refractivity contribution in [1.82, 2.24) is 5.32 Å². The second-order valence-electron chi connectivity index (χ2n) is 6.79. The van der Waals surface area contributed by atoms with Crippen molar-refractivity contribution >= 4 is 15.7 Å². The maximum Gasteiger partial charge on any atom is 0.230 e. The molecule has 3 rings (SSSR count). The quantitative estimate of drug-likeness (QED) is 0.932. The molecule has 0 fully saturated rings. The molecule has 0 unspecified atom stereocenters. The predicted molar refractivity (Wildman–Crippen MR) is 93.6 cm³/mol. The van der Waals surface area contributed by atoms with Crippen molar-refractivity contribution in [3.8, 4) is 0 Å². The first-order valence-corrected chi connectivity index (χ1v) is 9.57. The Balaban J connectivity index is 1.90. The highest BCUT2D eigenvalue weighted by molar-refractivity contribution is 7.91. The van der Waals surface area contributed by atoms with Gasteiger partial charge in [-0.1, -0.05) is 42.5 Å². The van der Waals surface area contributed by atoms with Crippen LogP contribution in [0.2, 0.25) is 0 Å².